The monoisotopic (exact) mass is 290 g/mol. The van der Waals surface area contributed by atoms with Gasteiger partial charge in [0.2, 0.25) is 0 Å². The molecule has 18 heavy (non-hydrogen) atoms. The highest BCUT2D eigenvalue weighted by molar-refractivity contribution is 7.99. The number of sulfone groups is 1. The van der Waals surface area contributed by atoms with Gasteiger partial charge in [-0.2, -0.15) is 0 Å². The molecule has 1 atom stereocenters. The Labute approximate surface area is 111 Å². The van der Waals surface area contributed by atoms with Crippen molar-refractivity contribution in [3.8, 4) is 0 Å². The molecule has 2 heterocycles. The number of hydrogen-bond acceptors (Lipinski definition) is 6. The molecule has 0 radical (unpaired) electrons. The van der Waals surface area contributed by atoms with E-state index >= 15 is 0 Å². The van der Waals surface area contributed by atoms with Crippen LogP contribution < -0.4 is 5.73 Å². The van der Waals surface area contributed by atoms with Crippen molar-refractivity contribution in [1.82, 2.24) is 14.8 Å². The van der Waals surface area contributed by atoms with Gasteiger partial charge in [0.05, 0.1) is 18.1 Å². The summed E-state index contributed by atoms with van der Waals surface area (Å²) >= 11 is 1.61. The SMILES string of the molecule is Cn1c(CN)nnc1SCCC1CCS(=O)(=O)C1. The van der Waals surface area contributed by atoms with Gasteiger partial charge in [0, 0.05) is 12.8 Å². The summed E-state index contributed by atoms with van der Waals surface area (Å²) in [6, 6.07) is 0. The number of hydrogen-bond donors (Lipinski definition) is 1. The van der Waals surface area contributed by atoms with Crippen molar-refractivity contribution in [1.29, 1.82) is 0 Å². The average Bonchev–Trinajstić information content (AvgIpc) is 2.83. The van der Waals surface area contributed by atoms with Gasteiger partial charge >= 0.3 is 0 Å². The molecule has 102 valence electrons. The zero-order valence-corrected chi connectivity index (χ0v) is 12.0. The van der Waals surface area contributed by atoms with Gasteiger partial charge in [-0.3, -0.25) is 0 Å². The zero-order chi connectivity index (χ0) is 13.2. The second-order valence-electron chi connectivity index (χ2n) is 4.57. The van der Waals surface area contributed by atoms with E-state index in [0.29, 0.717) is 24.0 Å². The maximum absolute atomic E-state index is 11.3. The summed E-state index contributed by atoms with van der Waals surface area (Å²) in [6.45, 7) is 0.380. The van der Waals surface area contributed by atoms with Gasteiger partial charge < -0.3 is 10.3 Å². The second-order valence-corrected chi connectivity index (χ2v) is 7.86. The molecule has 0 bridgehead atoms. The number of thioether (sulfide) groups is 1. The highest BCUT2D eigenvalue weighted by Crippen LogP contribution is 2.25. The number of nitrogens with two attached hydrogens (primary N) is 1. The van der Waals surface area contributed by atoms with Crippen LogP contribution in [0, 0.1) is 5.92 Å². The predicted molar refractivity (Wildman–Crippen MR) is 71.0 cm³/mol. The van der Waals surface area contributed by atoms with E-state index in [4.69, 9.17) is 5.73 Å². The van der Waals surface area contributed by atoms with E-state index in [1.807, 2.05) is 11.6 Å². The first kappa shape index (κ1) is 13.8. The van der Waals surface area contributed by atoms with Crippen molar-refractivity contribution in [3.05, 3.63) is 5.82 Å². The van der Waals surface area contributed by atoms with Gasteiger partial charge in [-0.1, -0.05) is 11.8 Å². The Morgan fingerprint density at radius 1 is 1.50 bits per heavy atom. The Morgan fingerprint density at radius 3 is 2.83 bits per heavy atom. The topological polar surface area (TPSA) is 90.9 Å². The van der Waals surface area contributed by atoms with Crippen molar-refractivity contribution in [3.63, 3.8) is 0 Å². The van der Waals surface area contributed by atoms with E-state index in [9.17, 15) is 8.42 Å². The van der Waals surface area contributed by atoms with Crippen molar-refractivity contribution in [2.45, 2.75) is 24.5 Å². The summed E-state index contributed by atoms with van der Waals surface area (Å²) in [6.07, 6.45) is 1.71. The van der Waals surface area contributed by atoms with Crippen molar-refractivity contribution >= 4 is 21.6 Å². The van der Waals surface area contributed by atoms with Crippen LogP contribution in [0.5, 0.6) is 0 Å². The molecule has 0 saturated carbocycles. The van der Waals surface area contributed by atoms with Crippen LogP contribution in [0.15, 0.2) is 5.16 Å². The Balaban J connectivity index is 1.80. The highest BCUT2D eigenvalue weighted by atomic mass is 32.2. The fourth-order valence-electron chi connectivity index (χ4n) is 2.07. The van der Waals surface area contributed by atoms with Crippen LogP contribution in [0.4, 0.5) is 0 Å². The first-order chi connectivity index (χ1) is 8.52. The zero-order valence-electron chi connectivity index (χ0n) is 10.4. The third kappa shape index (κ3) is 3.24. The summed E-state index contributed by atoms with van der Waals surface area (Å²) in [7, 11) is -0.864. The summed E-state index contributed by atoms with van der Waals surface area (Å²) in [5.74, 6) is 2.64. The normalized spacial score (nSPS) is 22.4. The van der Waals surface area contributed by atoms with Crippen LogP contribution in [0.1, 0.15) is 18.7 Å². The molecular formula is C10H18N4O2S2. The molecule has 1 unspecified atom stereocenters. The lowest BCUT2D eigenvalue weighted by Crippen LogP contribution is -2.07. The Kier molecular flexibility index (Phi) is 4.29. The molecular weight excluding hydrogens is 272 g/mol. The third-order valence-electron chi connectivity index (χ3n) is 3.19. The van der Waals surface area contributed by atoms with E-state index in [-0.39, 0.29) is 0 Å². The maximum atomic E-state index is 11.3. The standard InChI is InChI=1S/C10H18N4O2S2/c1-14-9(6-11)12-13-10(14)17-4-2-8-3-5-18(15,16)7-8/h8H,2-7,11H2,1H3. The number of rotatable bonds is 5. The summed E-state index contributed by atoms with van der Waals surface area (Å²) in [5.41, 5.74) is 5.52. The number of aromatic nitrogens is 3. The molecule has 0 spiro atoms. The molecule has 1 aromatic rings. The minimum Gasteiger partial charge on any atom is -0.324 e. The third-order valence-corrected chi connectivity index (χ3v) is 6.08. The molecule has 0 amide bonds. The lowest BCUT2D eigenvalue weighted by molar-refractivity contribution is 0.573. The van der Waals surface area contributed by atoms with E-state index in [1.165, 1.54) is 0 Å². The van der Waals surface area contributed by atoms with E-state index in [0.717, 1.165) is 29.6 Å². The molecule has 2 rings (SSSR count). The summed E-state index contributed by atoms with van der Waals surface area (Å²) < 4.78 is 24.5. The Hall–Kier alpha value is -0.600. The van der Waals surface area contributed by atoms with Crippen LogP contribution in [0.3, 0.4) is 0 Å². The average molecular weight is 290 g/mol. The maximum Gasteiger partial charge on any atom is 0.190 e. The van der Waals surface area contributed by atoms with Crippen molar-refractivity contribution < 1.29 is 8.42 Å². The molecule has 0 aromatic carbocycles. The van der Waals surface area contributed by atoms with Gasteiger partial charge in [-0.05, 0) is 18.8 Å². The summed E-state index contributed by atoms with van der Waals surface area (Å²) in [4.78, 5) is 0. The smallest absolute Gasteiger partial charge is 0.190 e. The molecule has 1 saturated heterocycles. The Morgan fingerprint density at radius 2 is 2.28 bits per heavy atom. The van der Waals surface area contributed by atoms with E-state index in [2.05, 4.69) is 10.2 Å². The van der Waals surface area contributed by atoms with Gasteiger partial charge in [-0.15, -0.1) is 10.2 Å². The number of nitrogens with zero attached hydrogens (tertiary/aromatic N) is 3. The molecule has 6 nitrogen and oxygen atoms in total. The van der Waals surface area contributed by atoms with Crippen molar-refractivity contribution in [2.24, 2.45) is 18.7 Å². The molecule has 1 aliphatic rings. The van der Waals surface area contributed by atoms with Crippen LogP contribution in [-0.2, 0) is 23.4 Å². The first-order valence-corrected chi connectivity index (χ1v) is 8.74. The quantitative estimate of drug-likeness (QED) is 0.779. The van der Waals surface area contributed by atoms with Gasteiger partial charge in [0.25, 0.3) is 0 Å². The summed E-state index contributed by atoms with van der Waals surface area (Å²) in [5, 5.41) is 8.88. The molecule has 0 aliphatic carbocycles. The van der Waals surface area contributed by atoms with Crippen LogP contribution in [0.25, 0.3) is 0 Å². The lowest BCUT2D eigenvalue weighted by Gasteiger charge is -2.06. The predicted octanol–water partition coefficient (Wildman–Crippen LogP) is 0.191. The molecule has 1 aromatic heterocycles. The van der Waals surface area contributed by atoms with Crippen LogP contribution in [-0.4, -0.2) is 40.4 Å². The van der Waals surface area contributed by atoms with Crippen LogP contribution in [0.2, 0.25) is 0 Å². The minimum absolute atomic E-state index is 0.310. The fourth-order valence-corrected chi connectivity index (χ4v) is 5.01. The molecule has 8 heteroatoms. The molecule has 1 fully saturated rings. The van der Waals surface area contributed by atoms with Gasteiger partial charge in [0.1, 0.15) is 5.82 Å². The van der Waals surface area contributed by atoms with Crippen molar-refractivity contribution in [2.75, 3.05) is 17.3 Å². The largest absolute Gasteiger partial charge is 0.324 e. The second kappa shape index (κ2) is 5.58. The highest BCUT2D eigenvalue weighted by Gasteiger charge is 2.27. The molecule has 1 aliphatic heterocycles. The van der Waals surface area contributed by atoms with E-state index in [1.54, 1.807) is 11.8 Å². The van der Waals surface area contributed by atoms with Gasteiger partial charge in [-0.25, -0.2) is 8.42 Å². The van der Waals surface area contributed by atoms with Gasteiger partial charge in [0.15, 0.2) is 15.0 Å². The van der Waals surface area contributed by atoms with Crippen LogP contribution >= 0.6 is 11.8 Å². The Bertz CT molecular complexity index is 512. The minimum atomic E-state index is -2.76. The molecule has 2 N–H and O–H groups in total. The lowest BCUT2D eigenvalue weighted by atomic mass is 10.1. The first-order valence-electron chi connectivity index (χ1n) is 5.93. The fraction of sp³-hybridized carbons (Fsp3) is 0.800. The van der Waals surface area contributed by atoms with E-state index < -0.39 is 9.84 Å².